The number of rotatable bonds is 7. The first-order valence-corrected chi connectivity index (χ1v) is 42.9. The van der Waals surface area contributed by atoms with Gasteiger partial charge in [-0.15, -0.1) is 11.3 Å². The lowest BCUT2D eigenvalue weighted by Gasteiger charge is -2.21. The van der Waals surface area contributed by atoms with Crippen molar-refractivity contribution in [2.75, 3.05) is 0 Å². The normalized spacial score (nSPS) is 12.6. The molecule has 586 valence electrons. The molecule has 11 heterocycles. The van der Waals surface area contributed by atoms with Crippen molar-refractivity contribution in [2.45, 2.75) is 19.3 Å². The van der Waals surface area contributed by atoms with Gasteiger partial charge in [-0.3, -0.25) is 13.7 Å². The minimum absolute atomic E-state index is 0.0759. The molecular weight excluding hydrogens is 1550 g/mol. The van der Waals surface area contributed by atoms with Gasteiger partial charge in [-0.05, 0) is 113 Å². The lowest BCUT2D eigenvalue weighted by molar-refractivity contribution is 0.651. The third-order valence-electron chi connectivity index (χ3n) is 25.5. The Bertz CT molecular complexity index is 9170. The van der Waals surface area contributed by atoms with Crippen LogP contribution < -0.4 is 0 Å². The zero-order valence-electron chi connectivity index (χ0n) is 67.4. The van der Waals surface area contributed by atoms with E-state index in [0.29, 0.717) is 35.0 Å². The number of benzene rings is 16. The van der Waals surface area contributed by atoms with Gasteiger partial charge in [0.05, 0.1) is 77.4 Å². The van der Waals surface area contributed by atoms with Crippen molar-refractivity contribution in [2.24, 2.45) is 0 Å². The van der Waals surface area contributed by atoms with E-state index in [9.17, 15) is 0 Å². The summed E-state index contributed by atoms with van der Waals surface area (Å²) in [6.45, 7) is 4.65. The maximum Gasteiger partial charge on any atom is 0.238 e. The van der Waals surface area contributed by atoms with E-state index in [0.717, 1.165) is 133 Å². The van der Waals surface area contributed by atoms with Gasteiger partial charge in [0.2, 0.25) is 35.0 Å². The lowest BCUT2D eigenvalue weighted by atomic mass is 9.82. The van der Waals surface area contributed by atoms with Crippen LogP contribution in [0.3, 0.4) is 0 Å². The van der Waals surface area contributed by atoms with Crippen LogP contribution in [0.4, 0.5) is 0 Å². The highest BCUT2D eigenvalue weighted by Gasteiger charge is 2.38. The molecule has 0 N–H and O–H groups in total. The van der Waals surface area contributed by atoms with E-state index >= 15 is 0 Å². The fourth-order valence-corrected chi connectivity index (χ4v) is 21.2. The first kappa shape index (κ1) is 70.4. The predicted octanol–water partition coefficient (Wildman–Crippen LogP) is 29.2. The van der Waals surface area contributed by atoms with Crippen molar-refractivity contribution < 1.29 is 13.3 Å². The van der Waals surface area contributed by atoms with Crippen LogP contribution in [0, 0.1) is 0 Å². The smallest absolute Gasteiger partial charge is 0.238 e. The van der Waals surface area contributed by atoms with E-state index in [1.54, 1.807) is 0 Å². The maximum absolute atomic E-state index is 6.39. The van der Waals surface area contributed by atoms with Gasteiger partial charge in [0.25, 0.3) is 0 Å². The molecule has 14 heteroatoms. The Labute approximate surface area is 716 Å². The van der Waals surface area contributed by atoms with Crippen molar-refractivity contribution in [3.8, 4) is 68.4 Å². The van der Waals surface area contributed by atoms with Crippen molar-refractivity contribution in [3.05, 3.63) is 387 Å². The van der Waals surface area contributed by atoms with Gasteiger partial charge in [-0.1, -0.05) is 299 Å². The molecule has 125 heavy (non-hydrogen) atoms. The quantitative estimate of drug-likeness (QED) is 0.153. The number of fused-ring (bicyclic) bond motifs is 30. The molecule has 11 aromatic heterocycles. The zero-order chi connectivity index (χ0) is 82.3. The van der Waals surface area contributed by atoms with E-state index in [1.165, 1.54) is 85.6 Å². The van der Waals surface area contributed by atoms with E-state index < -0.39 is 0 Å². The Morgan fingerprint density at radius 3 is 1.02 bits per heavy atom. The van der Waals surface area contributed by atoms with Crippen LogP contribution in [0.25, 0.3) is 242 Å². The monoisotopic (exact) mass is 1620 g/mol. The Kier molecular flexibility index (Phi) is 15.4. The molecule has 13 nitrogen and oxygen atoms in total. The first-order chi connectivity index (χ1) is 61.8. The fourth-order valence-electron chi connectivity index (χ4n) is 20.1. The van der Waals surface area contributed by atoms with E-state index in [-0.39, 0.29) is 5.41 Å². The van der Waals surface area contributed by atoms with Crippen molar-refractivity contribution >= 4 is 185 Å². The average molecular weight is 1620 g/mol. The van der Waals surface area contributed by atoms with E-state index in [1.807, 2.05) is 121 Å². The summed E-state index contributed by atoms with van der Waals surface area (Å²) in [4.78, 5) is 31.1. The minimum Gasteiger partial charge on any atom is -0.437 e. The highest BCUT2D eigenvalue weighted by molar-refractivity contribution is 7.26. The summed E-state index contributed by atoms with van der Waals surface area (Å²) in [6.07, 6.45) is 0. The minimum atomic E-state index is -0.0759. The van der Waals surface area contributed by atoms with Gasteiger partial charge in [-0.2, -0.15) is 15.0 Å². The predicted molar refractivity (Wildman–Crippen MR) is 512 cm³/mol. The molecule has 0 atom stereocenters. The van der Waals surface area contributed by atoms with Gasteiger partial charge in [-0.25, -0.2) is 15.0 Å². The number of thiophene rings is 1. The highest BCUT2D eigenvalue weighted by Crippen LogP contribution is 2.54. The molecule has 0 saturated heterocycles. The second kappa shape index (κ2) is 27.3. The summed E-state index contributed by atoms with van der Waals surface area (Å²) in [6, 6.07) is 131. The first-order valence-electron chi connectivity index (χ1n) is 42.1. The Morgan fingerprint density at radius 2 is 0.560 bits per heavy atom. The zero-order valence-corrected chi connectivity index (χ0v) is 68.2. The Morgan fingerprint density at radius 1 is 0.232 bits per heavy atom. The van der Waals surface area contributed by atoms with E-state index in [4.69, 9.17) is 43.2 Å². The molecular formula is C111H68N10O3S. The second-order valence-electron chi connectivity index (χ2n) is 32.6. The van der Waals surface area contributed by atoms with Gasteiger partial charge in [0.15, 0.2) is 0 Å². The number of para-hydroxylation sites is 8. The van der Waals surface area contributed by atoms with Crippen LogP contribution >= 0.6 is 11.3 Å². The average Bonchev–Trinajstić information content (AvgIpc) is 1.54. The molecule has 0 unspecified atom stereocenters. The van der Waals surface area contributed by atoms with Crippen LogP contribution in [0.5, 0.6) is 0 Å². The summed E-state index contributed by atoms with van der Waals surface area (Å²) in [5.41, 5.74) is 25.0. The molecule has 0 saturated carbocycles. The summed E-state index contributed by atoms with van der Waals surface area (Å²) in [7, 11) is 0. The van der Waals surface area contributed by atoms with Gasteiger partial charge in [0.1, 0.15) is 16.7 Å². The lowest BCUT2D eigenvalue weighted by Crippen LogP contribution is -2.14. The molecule has 28 rings (SSSR count). The van der Waals surface area contributed by atoms with Crippen LogP contribution in [0.1, 0.15) is 25.0 Å². The Balaban J connectivity index is 0.000000100. The third kappa shape index (κ3) is 10.5. The van der Waals surface area contributed by atoms with Crippen molar-refractivity contribution in [1.82, 2.24) is 48.2 Å². The molecule has 0 fully saturated rings. The molecule has 1 aliphatic rings. The number of nitrogens with zero attached hydrogens (tertiary/aromatic N) is 10. The molecule has 0 aliphatic heterocycles. The number of hydrogen-bond donors (Lipinski definition) is 0. The van der Waals surface area contributed by atoms with Gasteiger partial charge in [0, 0.05) is 107 Å². The second-order valence-corrected chi connectivity index (χ2v) is 33.7. The summed E-state index contributed by atoms with van der Waals surface area (Å²) >= 11 is 1.84. The topological polar surface area (TPSA) is 136 Å². The molecule has 0 radical (unpaired) electrons. The molecule has 1 aliphatic carbocycles. The fraction of sp³-hybridized carbons (Fsp3) is 0.0270. The molecule has 0 amide bonds. The van der Waals surface area contributed by atoms with Gasteiger partial charge >= 0.3 is 0 Å². The number of hydrogen-bond acceptors (Lipinski definition) is 10. The number of furan rings is 3. The third-order valence-corrected chi connectivity index (χ3v) is 26.6. The molecule has 27 aromatic rings. The van der Waals surface area contributed by atoms with Crippen molar-refractivity contribution in [1.29, 1.82) is 0 Å². The Hall–Kier alpha value is -16.4. The number of aromatic nitrogens is 10. The largest absolute Gasteiger partial charge is 0.437 e. The molecule has 0 spiro atoms. The molecule has 0 bridgehead atoms. The van der Waals surface area contributed by atoms with Crippen LogP contribution in [0.15, 0.2) is 389 Å². The standard InChI is InChI=1S/C40H24N4O.C37H25N3O.C34H19N3OS/c1-3-13-25(14-4-1)38-37-29-19-9-12-22-34(29)45-39(37)42-40(41-38)44-31-21-11-8-18-28(31)36-33(44)24-23-32-35(36)27-17-7-10-20-30(27)43(32)26-15-5-2-6-16-26;1-37(2)26-17-9-6-14-23(26)31-27(37)20-21-29-32(31)24-15-7-10-18-28(24)40(29)36-38-34(22-12-4-3-5-13-22)33-25-16-8-11-19-30(25)41-35(33)39-36;1-2-10-20(11-3-1)32-31-22-13-5-8-16-26(22)38-33(31)36-34(35-32)37-24-15-7-4-12-21(24)29-25(37)18-19-28-30(29)23-14-6-9-17-27(23)39-28/h1-24H;3-21H,1-2H3;1-19H. The summed E-state index contributed by atoms with van der Waals surface area (Å²) < 4.78 is 30.6. The van der Waals surface area contributed by atoms with E-state index in [2.05, 4.69) is 299 Å². The van der Waals surface area contributed by atoms with Gasteiger partial charge < -0.3 is 17.8 Å². The van der Waals surface area contributed by atoms with Crippen LogP contribution in [-0.4, -0.2) is 48.2 Å². The summed E-state index contributed by atoms with van der Waals surface area (Å²) in [5, 5.41) is 18.0. The SMILES string of the molecule is CC1(C)c2ccccc2-c2c1ccc1c2c2ccccc2n1-c1nc(-c2ccccc2)c2c(n1)oc1ccccc12.c1ccc(-c2nc(-n3c4ccccc4c4c5c(ccc43)sc3ccccc35)nc3oc4ccccc4c23)cc1.c1ccc(-c2nc(-n3c4ccccc4c4c5c6ccccc6n(-c6ccccc6)c5ccc43)nc3oc4ccccc4c23)cc1. The van der Waals surface area contributed by atoms with Crippen LogP contribution in [0.2, 0.25) is 0 Å². The summed E-state index contributed by atoms with van der Waals surface area (Å²) in [5.74, 6) is 1.79. The maximum atomic E-state index is 6.39. The van der Waals surface area contributed by atoms with Crippen molar-refractivity contribution in [3.63, 3.8) is 0 Å². The molecule has 16 aromatic carbocycles. The van der Waals surface area contributed by atoms with Crippen LogP contribution in [-0.2, 0) is 5.41 Å². The highest BCUT2D eigenvalue weighted by atomic mass is 32.1.